The van der Waals surface area contributed by atoms with Gasteiger partial charge >= 0.3 is 0 Å². The van der Waals surface area contributed by atoms with Gasteiger partial charge in [-0.05, 0) is 57.6 Å². The van der Waals surface area contributed by atoms with E-state index in [9.17, 15) is 0 Å². The SMILES string of the molecule is c1ccc(-c2ccc3c4ccc(-c5ccccc5)c5sc6cc7c(cc6n(c3c2)c54)sc2c(-c3ccccc3)ccc3c4ccc(-c5ccccc5)cc4n7c23)cc1. The maximum atomic E-state index is 2.57. The van der Waals surface area contributed by atoms with Crippen LogP contribution >= 0.6 is 22.7 Å². The maximum absolute atomic E-state index is 2.57. The van der Waals surface area contributed by atoms with Gasteiger partial charge < -0.3 is 8.80 Å². The zero-order valence-electron chi connectivity index (χ0n) is 31.2. The standard InChI is InChI=1S/C54H32N2S2/c1-5-13-33(14-6-1)37-21-23-41-43-27-25-39(35-17-9-3-10-18-35)53-51(43)55(45(41)29-37)47-31-50-48(32-49(47)57-53)56-46-30-38(34-15-7-2-8-16-34)22-24-42(46)44-28-26-40(54(58-50)52(44)56)36-19-11-4-12-20-36/h1-32H. The molecule has 0 aliphatic heterocycles. The summed E-state index contributed by atoms with van der Waals surface area (Å²) >= 11 is 3.84. The first kappa shape index (κ1) is 32.1. The first-order valence-corrected chi connectivity index (χ1v) is 21.4. The molecule has 13 aromatic rings. The van der Waals surface area contributed by atoms with Crippen LogP contribution in [0.4, 0.5) is 0 Å². The molecule has 4 aromatic heterocycles. The second kappa shape index (κ2) is 12.3. The highest BCUT2D eigenvalue weighted by atomic mass is 32.1. The summed E-state index contributed by atoms with van der Waals surface area (Å²) in [5, 5.41) is 5.13. The zero-order chi connectivity index (χ0) is 37.9. The van der Waals surface area contributed by atoms with E-state index in [0.29, 0.717) is 0 Å². The number of fused-ring (bicyclic) bond motifs is 10. The average molecular weight is 773 g/mol. The van der Waals surface area contributed by atoms with Crippen LogP contribution in [0.2, 0.25) is 0 Å². The van der Waals surface area contributed by atoms with Gasteiger partial charge in [0.1, 0.15) is 0 Å². The number of hydrogen-bond donors (Lipinski definition) is 0. The highest BCUT2D eigenvalue weighted by Gasteiger charge is 2.22. The minimum atomic E-state index is 1.22. The van der Waals surface area contributed by atoms with Crippen LogP contribution in [0, 0.1) is 0 Å². The van der Waals surface area contributed by atoms with Crippen LogP contribution < -0.4 is 0 Å². The van der Waals surface area contributed by atoms with Gasteiger partial charge in [-0.25, -0.2) is 0 Å². The van der Waals surface area contributed by atoms with Crippen LogP contribution in [0.3, 0.4) is 0 Å². The van der Waals surface area contributed by atoms with Crippen molar-refractivity contribution in [2.24, 2.45) is 0 Å². The zero-order valence-corrected chi connectivity index (χ0v) is 32.8. The highest BCUT2D eigenvalue weighted by Crippen LogP contribution is 2.48. The van der Waals surface area contributed by atoms with Gasteiger partial charge in [-0.1, -0.05) is 170 Å². The number of hydrogen-bond acceptors (Lipinski definition) is 2. The van der Waals surface area contributed by atoms with E-state index in [2.05, 4.69) is 203 Å². The lowest BCUT2D eigenvalue weighted by atomic mass is 10.0. The number of aromatic nitrogens is 2. The first-order valence-electron chi connectivity index (χ1n) is 19.8. The van der Waals surface area contributed by atoms with Crippen molar-refractivity contribution in [3.8, 4) is 44.5 Å². The van der Waals surface area contributed by atoms with Gasteiger partial charge in [-0.2, -0.15) is 0 Å². The molecule has 4 heteroatoms. The smallest absolute Gasteiger partial charge is 0.0720 e. The molecule has 0 atom stereocenters. The van der Waals surface area contributed by atoms with Crippen LogP contribution in [-0.2, 0) is 0 Å². The predicted molar refractivity (Wildman–Crippen MR) is 251 cm³/mol. The third-order valence-corrected chi connectivity index (χ3v) is 14.4. The van der Waals surface area contributed by atoms with E-state index in [1.54, 1.807) is 0 Å². The molecular weight excluding hydrogens is 741 g/mol. The maximum Gasteiger partial charge on any atom is 0.0720 e. The molecular formula is C54H32N2S2. The quantitative estimate of drug-likeness (QED) is 0.158. The Morgan fingerprint density at radius 2 is 0.638 bits per heavy atom. The van der Waals surface area contributed by atoms with E-state index in [1.165, 1.54) is 118 Å². The summed E-state index contributed by atoms with van der Waals surface area (Å²) in [5.41, 5.74) is 17.4. The molecule has 4 heterocycles. The van der Waals surface area contributed by atoms with Crippen molar-refractivity contribution in [1.82, 2.24) is 8.80 Å². The summed E-state index contributed by atoms with van der Waals surface area (Å²) in [6.07, 6.45) is 0. The number of benzene rings is 9. The fourth-order valence-corrected chi connectivity index (χ4v) is 11.9. The minimum absolute atomic E-state index is 1.22. The molecule has 0 radical (unpaired) electrons. The molecule has 270 valence electrons. The van der Waals surface area contributed by atoms with E-state index >= 15 is 0 Å². The molecule has 13 rings (SSSR count). The first-order chi connectivity index (χ1) is 28.8. The van der Waals surface area contributed by atoms with Gasteiger partial charge in [0.2, 0.25) is 0 Å². The summed E-state index contributed by atoms with van der Waals surface area (Å²) in [4.78, 5) is 0. The Kier molecular flexibility index (Phi) is 6.79. The van der Waals surface area contributed by atoms with E-state index in [0.717, 1.165) is 0 Å². The molecule has 0 saturated heterocycles. The third kappa shape index (κ3) is 4.58. The van der Waals surface area contributed by atoms with Crippen LogP contribution in [-0.4, -0.2) is 8.80 Å². The van der Waals surface area contributed by atoms with Gasteiger partial charge in [-0.3, -0.25) is 0 Å². The lowest BCUT2D eigenvalue weighted by Crippen LogP contribution is -1.94. The lowest BCUT2D eigenvalue weighted by Gasteiger charge is -2.15. The highest BCUT2D eigenvalue weighted by molar-refractivity contribution is 7.26. The van der Waals surface area contributed by atoms with Crippen molar-refractivity contribution in [2.75, 3.05) is 0 Å². The molecule has 9 aromatic carbocycles. The summed E-state index contributed by atoms with van der Waals surface area (Å²) in [5.74, 6) is 0. The second-order valence-corrected chi connectivity index (χ2v) is 17.4. The molecule has 0 spiro atoms. The Hall–Kier alpha value is -6.98. The van der Waals surface area contributed by atoms with Crippen LogP contribution in [0.5, 0.6) is 0 Å². The average Bonchev–Trinajstić information content (AvgIpc) is 3.81. The Labute approximate surface area is 341 Å². The summed E-state index contributed by atoms with van der Waals surface area (Å²) in [6.45, 7) is 0. The Bertz CT molecular complexity index is 3510. The van der Waals surface area contributed by atoms with E-state index in [-0.39, 0.29) is 0 Å². The van der Waals surface area contributed by atoms with Crippen molar-refractivity contribution in [3.05, 3.63) is 194 Å². The van der Waals surface area contributed by atoms with Crippen LogP contribution in [0.15, 0.2) is 194 Å². The molecule has 0 fully saturated rings. The van der Waals surface area contributed by atoms with Crippen LogP contribution in [0.25, 0.3) is 118 Å². The third-order valence-electron chi connectivity index (χ3n) is 12.1. The Morgan fingerprint density at radius 1 is 0.276 bits per heavy atom. The van der Waals surface area contributed by atoms with Gasteiger partial charge in [0.15, 0.2) is 0 Å². The van der Waals surface area contributed by atoms with Gasteiger partial charge in [-0.15, -0.1) is 22.7 Å². The van der Waals surface area contributed by atoms with Gasteiger partial charge in [0.25, 0.3) is 0 Å². The second-order valence-electron chi connectivity index (χ2n) is 15.3. The van der Waals surface area contributed by atoms with E-state index in [1.807, 2.05) is 22.7 Å². The number of nitrogens with zero attached hydrogens (tertiary/aromatic N) is 2. The monoisotopic (exact) mass is 772 g/mol. The van der Waals surface area contributed by atoms with Crippen molar-refractivity contribution in [2.45, 2.75) is 0 Å². The molecule has 0 amide bonds. The molecule has 0 unspecified atom stereocenters. The molecule has 2 nitrogen and oxygen atoms in total. The topological polar surface area (TPSA) is 8.82 Å². The molecule has 0 aliphatic rings. The van der Waals surface area contributed by atoms with Gasteiger partial charge in [0.05, 0.1) is 51.9 Å². The molecule has 0 saturated carbocycles. The summed E-state index contributed by atoms with van der Waals surface area (Å²) < 4.78 is 10.3. The van der Waals surface area contributed by atoms with Gasteiger partial charge in [0, 0.05) is 32.7 Å². The van der Waals surface area contributed by atoms with Crippen molar-refractivity contribution >= 4 is 96.1 Å². The fourth-order valence-electron chi connectivity index (χ4n) is 9.44. The fraction of sp³-hybridized carbons (Fsp3) is 0. The van der Waals surface area contributed by atoms with Crippen molar-refractivity contribution < 1.29 is 0 Å². The lowest BCUT2D eigenvalue weighted by molar-refractivity contribution is 1.34. The van der Waals surface area contributed by atoms with E-state index < -0.39 is 0 Å². The van der Waals surface area contributed by atoms with Crippen LogP contribution in [0.1, 0.15) is 0 Å². The normalized spacial score (nSPS) is 12.1. The number of rotatable bonds is 4. The largest absolute Gasteiger partial charge is 0.306 e. The molecule has 0 aliphatic carbocycles. The molecule has 0 bridgehead atoms. The molecule has 58 heavy (non-hydrogen) atoms. The van der Waals surface area contributed by atoms with E-state index in [4.69, 9.17) is 0 Å². The van der Waals surface area contributed by atoms with Crippen molar-refractivity contribution in [3.63, 3.8) is 0 Å². The molecule has 0 N–H and O–H groups in total. The van der Waals surface area contributed by atoms with Crippen molar-refractivity contribution in [1.29, 1.82) is 0 Å². The Morgan fingerprint density at radius 3 is 1.03 bits per heavy atom. The Balaban J connectivity index is 1.22. The minimum Gasteiger partial charge on any atom is -0.306 e. The predicted octanol–water partition coefficient (Wildman–Crippen LogP) is 15.9. The summed E-state index contributed by atoms with van der Waals surface area (Å²) in [6, 6.07) is 71.7. The summed E-state index contributed by atoms with van der Waals surface area (Å²) in [7, 11) is 0.